The lowest BCUT2D eigenvalue weighted by Crippen LogP contribution is -2.29. The molecule has 33 heavy (non-hydrogen) atoms. The Morgan fingerprint density at radius 3 is 1.61 bits per heavy atom. The molecule has 0 rings (SSSR count). The van der Waals surface area contributed by atoms with Gasteiger partial charge in [-0.15, -0.1) is 0 Å². The molecular weight excluding hydrogens is 408 g/mol. The molecule has 0 aliphatic carbocycles. The van der Waals surface area contributed by atoms with Gasteiger partial charge in [-0.2, -0.15) is 0 Å². The molecule has 0 spiro atoms. The van der Waals surface area contributed by atoms with Crippen LogP contribution in [0.15, 0.2) is 0 Å². The summed E-state index contributed by atoms with van der Waals surface area (Å²) >= 11 is 0. The van der Waals surface area contributed by atoms with Crippen LogP contribution in [0, 0.1) is 0 Å². The van der Waals surface area contributed by atoms with Crippen LogP contribution in [0.3, 0.4) is 0 Å². The van der Waals surface area contributed by atoms with E-state index in [1.807, 2.05) is 7.05 Å². The molecule has 0 aromatic heterocycles. The molecule has 0 saturated carbocycles. The van der Waals surface area contributed by atoms with E-state index in [1.54, 1.807) is 0 Å². The molecule has 0 aliphatic rings. The fourth-order valence-electron chi connectivity index (χ4n) is 4.38. The van der Waals surface area contributed by atoms with Crippen LogP contribution in [0.25, 0.3) is 0 Å². The maximum absolute atomic E-state index is 11.9. The summed E-state index contributed by atoms with van der Waals surface area (Å²) < 4.78 is 5.39. The summed E-state index contributed by atoms with van der Waals surface area (Å²) in [5.74, 6) is 0.00984. The van der Waals surface area contributed by atoms with Crippen LogP contribution in [0.2, 0.25) is 0 Å². The van der Waals surface area contributed by atoms with Gasteiger partial charge in [0.25, 0.3) is 0 Å². The minimum absolute atomic E-state index is 0.00984. The zero-order valence-electron chi connectivity index (χ0n) is 22.9. The summed E-state index contributed by atoms with van der Waals surface area (Å²) in [6.45, 7) is 9.99. The van der Waals surface area contributed by atoms with Crippen LogP contribution in [-0.4, -0.2) is 50.7 Å². The lowest BCUT2D eigenvalue weighted by atomic mass is 10.1. The van der Waals surface area contributed by atoms with Crippen LogP contribution in [0.5, 0.6) is 0 Å². The summed E-state index contributed by atoms with van der Waals surface area (Å²) in [5, 5.41) is 3.28. The van der Waals surface area contributed by atoms with Gasteiger partial charge in [-0.1, -0.05) is 104 Å². The first-order chi connectivity index (χ1) is 16.2. The van der Waals surface area contributed by atoms with E-state index < -0.39 is 0 Å². The Bertz CT molecular complexity index is 390. The highest BCUT2D eigenvalue weighted by Crippen LogP contribution is 2.11. The molecule has 0 unspecified atom stereocenters. The monoisotopic (exact) mass is 468 g/mol. The molecule has 0 atom stereocenters. The van der Waals surface area contributed by atoms with E-state index in [0.29, 0.717) is 13.0 Å². The van der Waals surface area contributed by atoms with Gasteiger partial charge in [0.15, 0.2) is 0 Å². The molecule has 0 aromatic carbocycles. The van der Waals surface area contributed by atoms with Crippen molar-refractivity contribution in [1.29, 1.82) is 0 Å². The first-order valence-electron chi connectivity index (χ1n) is 14.8. The van der Waals surface area contributed by atoms with Crippen LogP contribution >= 0.6 is 0 Å². The third kappa shape index (κ3) is 25.8. The predicted molar refractivity (Wildman–Crippen MR) is 145 cm³/mol. The Balaban J connectivity index is 3.61. The highest BCUT2D eigenvalue weighted by molar-refractivity contribution is 5.69. The molecule has 1 N–H and O–H groups in total. The Kier molecular flexibility index (Phi) is 27.1. The fraction of sp³-hybridized carbons (Fsp3) is 0.966. The molecular formula is C29H60N2O2. The summed E-state index contributed by atoms with van der Waals surface area (Å²) in [6, 6.07) is 0. The quantitative estimate of drug-likeness (QED) is 0.0982. The third-order valence-corrected chi connectivity index (χ3v) is 6.60. The molecule has 0 aromatic rings. The second-order valence-electron chi connectivity index (χ2n) is 9.93. The highest BCUT2D eigenvalue weighted by atomic mass is 16.5. The van der Waals surface area contributed by atoms with E-state index >= 15 is 0 Å². The van der Waals surface area contributed by atoms with Gasteiger partial charge < -0.3 is 15.0 Å². The van der Waals surface area contributed by atoms with Crippen LogP contribution < -0.4 is 5.32 Å². The maximum atomic E-state index is 11.9. The Hall–Kier alpha value is -0.610. The number of carbonyl (C=O) groups is 1. The van der Waals surface area contributed by atoms with Gasteiger partial charge in [-0.05, 0) is 65.3 Å². The smallest absolute Gasteiger partial charge is 0.305 e. The lowest BCUT2D eigenvalue weighted by molar-refractivity contribution is -0.143. The number of unbranched alkanes of at least 4 members (excludes halogenated alkanes) is 15. The molecule has 0 bridgehead atoms. The first-order valence-corrected chi connectivity index (χ1v) is 14.8. The van der Waals surface area contributed by atoms with Gasteiger partial charge >= 0.3 is 5.97 Å². The molecule has 0 aliphatic heterocycles. The molecule has 0 heterocycles. The van der Waals surface area contributed by atoms with E-state index in [-0.39, 0.29) is 5.97 Å². The Morgan fingerprint density at radius 1 is 0.606 bits per heavy atom. The summed E-state index contributed by atoms with van der Waals surface area (Å²) in [5.41, 5.74) is 0. The van der Waals surface area contributed by atoms with Crippen molar-refractivity contribution in [2.45, 2.75) is 142 Å². The standard InChI is InChI=1S/C29H60N2O2/c1-4-6-8-10-12-17-21-28-33-29(32)23-18-14-13-16-20-26-31(27-22-24-30-3)25-19-15-11-9-7-5-2/h30H,4-28H2,1-3H3. The predicted octanol–water partition coefficient (Wildman–Crippen LogP) is 7.89. The zero-order chi connectivity index (χ0) is 24.2. The molecule has 0 fully saturated rings. The molecule has 198 valence electrons. The number of rotatable bonds is 27. The number of carbonyl (C=O) groups excluding carboxylic acids is 1. The largest absolute Gasteiger partial charge is 0.466 e. The van der Waals surface area contributed by atoms with Gasteiger partial charge in [0, 0.05) is 6.42 Å². The molecule has 4 heteroatoms. The third-order valence-electron chi connectivity index (χ3n) is 6.60. The number of nitrogens with zero attached hydrogens (tertiary/aromatic N) is 1. The van der Waals surface area contributed by atoms with Crippen molar-refractivity contribution >= 4 is 5.97 Å². The lowest BCUT2D eigenvalue weighted by Gasteiger charge is -2.22. The van der Waals surface area contributed by atoms with Crippen molar-refractivity contribution in [3.05, 3.63) is 0 Å². The second kappa shape index (κ2) is 27.6. The molecule has 0 radical (unpaired) electrons. The van der Waals surface area contributed by atoms with Crippen LogP contribution in [0.4, 0.5) is 0 Å². The van der Waals surface area contributed by atoms with Gasteiger partial charge in [0.05, 0.1) is 6.61 Å². The summed E-state index contributed by atoms with van der Waals surface area (Å²) in [7, 11) is 2.05. The van der Waals surface area contributed by atoms with E-state index in [0.717, 1.165) is 25.8 Å². The van der Waals surface area contributed by atoms with Gasteiger partial charge in [0.1, 0.15) is 0 Å². The average Bonchev–Trinajstić information content (AvgIpc) is 2.82. The SMILES string of the molecule is CCCCCCCCCOC(=O)CCCCCCCN(CCCCCCCC)CCCNC. The van der Waals surface area contributed by atoms with Gasteiger partial charge in [-0.25, -0.2) is 0 Å². The molecule has 4 nitrogen and oxygen atoms in total. The maximum Gasteiger partial charge on any atom is 0.305 e. The Labute approximate surface area is 208 Å². The second-order valence-corrected chi connectivity index (χ2v) is 9.93. The van der Waals surface area contributed by atoms with E-state index in [9.17, 15) is 4.79 Å². The van der Waals surface area contributed by atoms with Crippen molar-refractivity contribution in [3.63, 3.8) is 0 Å². The van der Waals surface area contributed by atoms with Crippen molar-refractivity contribution in [1.82, 2.24) is 10.2 Å². The zero-order valence-corrected chi connectivity index (χ0v) is 22.9. The van der Waals surface area contributed by atoms with Crippen LogP contribution in [-0.2, 0) is 9.53 Å². The van der Waals surface area contributed by atoms with Crippen molar-refractivity contribution in [2.24, 2.45) is 0 Å². The number of esters is 1. The minimum Gasteiger partial charge on any atom is -0.466 e. The number of nitrogens with one attached hydrogen (secondary N) is 1. The van der Waals surface area contributed by atoms with Crippen molar-refractivity contribution in [3.8, 4) is 0 Å². The number of hydrogen-bond donors (Lipinski definition) is 1. The van der Waals surface area contributed by atoms with E-state index in [1.165, 1.54) is 122 Å². The van der Waals surface area contributed by atoms with Gasteiger partial charge in [0.2, 0.25) is 0 Å². The fourth-order valence-corrected chi connectivity index (χ4v) is 4.38. The number of ether oxygens (including phenoxy) is 1. The topological polar surface area (TPSA) is 41.6 Å². The van der Waals surface area contributed by atoms with Crippen LogP contribution in [0.1, 0.15) is 142 Å². The Morgan fingerprint density at radius 2 is 1.06 bits per heavy atom. The first kappa shape index (κ1) is 32.4. The molecule has 0 amide bonds. The van der Waals surface area contributed by atoms with Gasteiger partial charge in [-0.3, -0.25) is 4.79 Å². The molecule has 0 saturated heterocycles. The average molecular weight is 469 g/mol. The summed E-state index contributed by atoms with van der Waals surface area (Å²) in [6.07, 6.45) is 24.9. The van der Waals surface area contributed by atoms with E-state index in [4.69, 9.17) is 4.74 Å². The van der Waals surface area contributed by atoms with Crippen molar-refractivity contribution < 1.29 is 9.53 Å². The minimum atomic E-state index is 0.00984. The normalized spacial score (nSPS) is 11.4. The highest BCUT2D eigenvalue weighted by Gasteiger charge is 2.06. The van der Waals surface area contributed by atoms with E-state index in [2.05, 4.69) is 24.1 Å². The van der Waals surface area contributed by atoms with Crippen molar-refractivity contribution in [2.75, 3.05) is 39.8 Å². The number of hydrogen-bond acceptors (Lipinski definition) is 4. The summed E-state index contributed by atoms with van der Waals surface area (Å²) in [4.78, 5) is 14.5.